The summed E-state index contributed by atoms with van der Waals surface area (Å²) >= 11 is 0. The van der Waals surface area contributed by atoms with E-state index in [0.29, 0.717) is 30.2 Å². The average Bonchev–Trinajstić information content (AvgIpc) is 3.29. The van der Waals surface area contributed by atoms with Crippen LogP contribution in [0.2, 0.25) is 0 Å². The van der Waals surface area contributed by atoms with Crippen molar-refractivity contribution in [2.24, 2.45) is 0 Å². The Labute approximate surface area is 178 Å². The molecule has 31 heavy (non-hydrogen) atoms. The van der Waals surface area contributed by atoms with Gasteiger partial charge in [-0.2, -0.15) is 0 Å². The molecule has 8 heteroatoms. The molecular weight excluding hydrogens is 398 g/mol. The summed E-state index contributed by atoms with van der Waals surface area (Å²) in [5, 5.41) is 12.4. The number of amides is 2. The van der Waals surface area contributed by atoms with Crippen molar-refractivity contribution >= 4 is 29.2 Å². The van der Waals surface area contributed by atoms with Gasteiger partial charge < -0.3 is 19.7 Å². The molecule has 8 nitrogen and oxygen atoms in total. The van der Waals surface area contributed by atoms with E-state index in [9.17, 15) is 19.5 Å². The summed E-state index contributed by atoms with van der Waals surface area (Å²) in [6, 6.07) is 17.5. The summed E-state index contributed by atoms with van der Waals surface area (Å²) in [6.07, 6.45) is 1.55. The molecule has 4 rings (SSSR count). The quantitative estimate of drug-likeness (QED) is 0.610. The van der Waals surface area contributed by atoms with Crippen LogP contribution in [0.3, 0.4) is 0 Å². The first kappa shape index (κ1) is 20.4. The zero-order valence-corrected chi connectivity index (χ0v) is 16.7. The molecule has 1 aliphatic heterocycles. The first-order chi connectivity index (χ1) is 15.0. The number of benzene rings is 2. The van der Waals surface area contributed by atoms with E-state index in [1.165, 1.54) is 17.0 Å². The number of rotatable bonds is 7. The van der Waals surface area contributed by atoms with Gasteiger partial charge in [-0.25, -0.2) is 4.79 Å². The summed E-state index contributed by atoms with van der Waals surface area (Å²) in [6.45, 7) is 0.508. The van der Waals surface area contributed by atoms with Gasteiger partial charge in [-0.15, -0.1) is 0 Å². The lowest BCUT2D eigenvalue weighted by molar-refractivity contribution is -0.122. The number of carbonyl (C=O) groups is 3. The van der Waals surface area contributed by atoms with Gasteiger partial charge in [0.25, 0.3) is 0 Å². The number of hydrogen-bond donors (Lipinski definition) is 2. The second kappa shape index (κ2) is 8.85. The van der Waals surface area contributed by atoms with Crippen molar-refractivity contribution in [3.63, 3.8) is 0 Å². The van der Waals surface area contributed by atoms with E-state index in [1.54, 1.807) is 29.4 Å². The Bertz CT molecular complexity index is 1100. The minimum Gasteiger partial charge on any atom is -0.478 e. The fraction of sp³-hybridized carbons (Fsp3) is 0.174. The fourth-order valence-corrected chi connectivity index (χ4v) is 3.50. The maximum atomic E-state index is 12.9. The summed E-state index contributed by atoms with van der Waals surface area (Å²) in [7, 11) is 0. The van der Waals surface area contributed by atoms with Crippen LogP contribution in [0.4, 0.5) is 11.4 Å². The minimum absolute atomic E-state index is 0.0244. The normalized spacial score (nSPS) is 13.2. The number of aromatic carboxylic acids is 1. The molecule has 1 aliphatic rings. The number of furan rings is 1. The molecule has 0 unspecified atom stereocenters. The Morgan fingerprint density at radius 3 is 2.55 bits per heavy atom. The Morgan fingerprint density at radius 2 is 1.84 bits per heavy atom. The van der Waals surface area contributed by atoms with Crippen LogP contribution in [0.1, 0.15) is 21.7 Å². The highest BCUT2D eigenvalue weighted by Crippen LogP contribution is 2.35. The summed E-state index contributed by atoms with van der Waals surface area (Å²) in [5.74, 6) is -0.982. The van der Waals surface area contributed by atoms with Crippen LogP contribution >= 0.6 is 0 Å². The van der Waals surface area contributed by atoms with Crippen LogP contribution in [-0.2, 0) is 22.7 Å². The van der Waals surface area contributed by atoms with Gasteiger partial charge in [0, 0.05) is 0 Å². The SMILES string of the molecule is O=C(O)c1ccc2c(c1)N(C(=O)CNCc1ccco1)CC(=O)N2Cc1ccccc1. The van der Waals surface area contributed by atoms with Crippen LogP contribution in [0.15, 0.2) is 71.3 Å². The molecule has 0 saturated heterocycles. The lowest BCUT2D eigenvalue weighted by Crippen LogP contribution is -2.50. The summed E-state index contributed by atoms with van der Waals surface area (Å²) in [4.78, 5) is 40.2. The van der Waals surface area contributed by atoms with Gasteiger partial charge in [0.15, 0.2) is 0 Å². The molecule has 2 heterocycles. The smallest absolute Gasteiger partial charge is 0.335 e. The number of anilines is 2. The van der Waals surface area contributed by atoms with Crippen molar-refractivity contribution < 1.29 is 23.9 Å². The molecule has 2 N–H and O–H groups in total. The standard InChI is InChI=1S/C23H21N3O5/c27-21(13-24-12-18-7-4-10-31-18)26-15-22(28)25(14-16-5-2-1-3-6-16)19-9-8-17(23(29)30)11-20(19)26/h1-11,24H,12-15H2,(H,29,30). The molecule has 0 saturated carbocycles. The van der Waals surface area contributed by atoms with E-state index in [-0.39, 0.29) is 30.5 Å². The molecule has 158 valence electrons. The van der Waals surface area contributed by atoms with Crippen LogP contribution in [0.25, 0.3) is 0 Å². The van der Waals surface area contributed by atoms with Gasteiger partial charge in [0.1, 0.15) is 12.3 Å². The second-order valence-corrected chi connectivity index (χ2v) is 7.14. The van der Waals surface area contributed by atoms with Crippen LogP contribution in [0, 0.1) is 0 Å². The van der Waals surface area contributed by atoms with E-state index in [1.807, 2.05) is 30.3 Å². The van der Waals surface area contributed by atoms with Crippen LogP contribution in [-0.4, -0.2) is 36.0 Å². The number of carbonyl (C=O) groups excluding carboxylic acids is 2. The van der Waals surface area contributed by atoms with Crippen molar-refractivity contribution in [1.29, 1.82) is 0 Å². The van der Waals surface area contributed by atoms with E-state index in [2.05, 4.69) is 5.32 Å². The van der Waals surface area contributed by atoms with Gasteiger partial charge in [0.05, 0.1) is 42.8 Å². The molecule has 0 aliphatic carbocycles. The van der Waals surface area contributed by atoms with Gasteiger partial charge in [-0.1, -0.05) is 30.3 Å². The Hall–Kier alpha value is -3.91. The van der Waals surface area contributed by atoms with Crippen molar-refractivity contribution in [3.8, 4) is 0 Å². The van der Waals surface area contributed by atoms with E-state index in [0.717, 1.165) is 5.56 Å². The maximum Gasteiger partial charge on any atom is 0.335 e. The maximum absolute atomic E-state index is 12.9. The van der Waals surface area contributed by atoms with Crippen molar-refractivity contribution in [3.05, 3.63) is 83.8 Å². The van der Waals surface area contributed by atoms with Crippen LogP contribution in [0.5, 0.6) is 0 Å². The summed E-state index contributed by atoms with van der Waals surface area (Å²) < 4.78 is 5.23. The number of carboxylic acid groups (broad SMARTS) is 1. The Balaban J connectivity index is 1.59. The van der Waals surface area contributed by atoms with Crippen molar-refractivity contribution in [1.82, 2.24) is 5.32 Å². The molecule has 0 spiro atoms. The molecule has 0 atom stereocenters. The monoisotopic (exact) mass is 419 g/mol. The molecule has 2 aromatic carbocycles. The lowest BCUT2D eigenvalue weighted by Gasteiger charge is -2.36. The topological polar surface area (TPSA) is 103 Å². The Morgan fingerprint density at radius 1 is 1.03 bits per heavy atom. The predicted molar refractivity (Wildman–Crippen MR) is 114 cm³/mol. The average molecular weight is 419 g/mol. The highest BCUT2D eigenvalue weighted by molar-refractivity contribution is 6.12. The zero-order valence-electron chi connectivity index (χ0n) is 16.7. The molecule has 0 bridgehead atoms. The molecule has 1 aromatic heterocycles. The number of carboxylic acids is 1. The number of nitrogens with one attached hydrogen (secondary N) is 1. The van der Waals surface area contributed by atoms with Gasteiger partial charge >= 0.3 is 5.97 Å². The number of nitrogens with zero attached hydrogens (tertiary/aromatic N) is 2. The number of fused-ring (bicyclic) bond motifs is 1. The molecule has 0 radical (unpaired) electrons. The fourth-order valence-electron chi connectivity index (χ4n) is 3.50. The first-order valence-corrected chi connectivity index (χ1v) is 9.78. The largest absolute Gasteiger partial charge is 0.478 e. The highest BCUT2D eigenvalue weighted by Gasteiger charge is 2.33. The highest BCUT2D eigenvalue weighted by atomic mass is 16.4. The third-order valence-electron chi connectivity index (χ3n) is 5.04. The molecule has 3 aromatic rings. The van der Waals surface area contributed by atoms with Gasteiger partial charge in [0.2, 0.25) is 11.8 Å². The summed E-state index contributed by atoms with van der Waals surface area (Å²) in [5.41, 5.74) is 1.89. The number of hydrogen-bond acceptors (Lipinski definition) is 5. The van der Waals surface area contributed by atoms with Gasteiger partial charge in [-0.3, -0.25) is 14.5 Å². The Kier molecular flexibility index (Phi) is 5.81. The van der Waals surface area contributed by atoms with Crippen LogP contribution < -0.4 is 15.1 Å². The van der Waals surface area contributed by atoms with E-state index >= 15 is 0 Å². The molecule has 2 amide bonds. The third-order valence-corrected chi connectivity index (χ3v) is 5.04. The lowest BCUT2D eigenvalue weighted by atomic mass is 10.1. The first-order valence-electron chi connectivity index (χ1n) is 9.78. The van der Waals surface area contributed by atoms with Crippen molar-refractivity contribution in [2.75, 3.05) is 22.9 Å². The third kappa shape index (κ3) is 4.49. The minimum atomic E-state index is -1.10. The van der Waals surface area contributed by atoms with Gasteiger partial charge in [-0.05, 0) is 35.9 Å². The van der Waals surface area contributed by atoms with Crippen molar-refractivity contribution in [2.45, 2.75) is 13.1 Å². The van der Waals surface area contributed by atoms with E-state index < -0.39 is 5.97 Å². The zero-order chi connectivity index (χ0) is 21.8. The van der Waals surface area contributed by atoms with E-state index in [4.69, 9.17) is 4.42 Å². The predicted octanol–water partition coefficient (Wildman–Crippen LogP) is 2.65. The second-order valence-electron chi connectivity index (χ2n) is 7.14. The molecule has 0 fully saturated rings. The molecular formula is C23H21N3O5.